The molecule has 1 aliphatic carbocycles. The van der Waals surface area contributed by atoms with E-state index in [0.29, 0.717) is 18.8 Å². The number of aryl methyl sites for hydroxylation is 3. The lowest BCUT2D eigenvalue weighted by Gasteiger charge is -2.07. The van der Waals surface area contributed by atoms with Crippen LogP contribution in [-0.2, 0) is 11.2 Å². The first kappa shape index (κ1) is 15.3. The molecule has 1 N–H and O–H groups in total. The summed E-state index contributed by atoms with van der Waals surface area (Å²) in [5.74, 6) is 1.49. The minimum atomic E-state index is 0.00614. The van der Waals surface area contributed by atoms with E-state index >= 15 is 0 Å². The van der Waals surface area contributed by atoms with Crippen LogP contribution in [0.5, 0.6) is 0 Å². The summed E-state index contributed by atoms with van der Waals surface area (Å²) in [6, 6.07) is 5.96. The molecular weight excluding hydrogens is 322 g/mol. The topological polar surface area (TPSA) is 72.2 Å². The average Bonchev–Trinajstić information content (AvgIpc) is 3.18. The van der Waals surface area contributed by atoms with Gasteiger partial charge in [-0.05, 0) is 49.9 Å². The Bertz CT molecular complexity index is 909. The third-order valence-electron chi connectivity index (χ3n) is 4.36. The first-order valence-electron chi connectivity index (χ1n) is 8.18. The molecule has 1 aliphatic rings. The molecule has 0 spiro atoms. The fraction of sp³-hybridized carbons (Fsp3) is 0.412. The van der Waals surface area contributed by atoms with Gasteiger partial charge in [-0.2, -0.15) is 9.61 Å². The van der Waals surface area contributed by atoms with Gasteiger partial charge in [0.15, 0.2) is 5.82 Å². The summed E-state index contributed by atoms with van der Waals surface area (Å²) in [4.78, 5) is 13.0. The Morgan fingerprint density at radius 3 is 2.88 bits per heavy atom. The van der Waals surface area contributed by atoms with Crippen LogP contribution in [0.3, 0.4) is 0 Å². The van der Waals surface area contributed by atoms with Crippen LogP contribution in [0.4, 0.5) is 5.69 Å². The van der Waals surface area contributed by atoms with Crippen molar-refractivity contribution in [3.8, 4) is 0 Å². The van der Waals surface area contributed by atoms with E-state index in [9.17, 15) is 4.79 Å². The molecule has 0 atom stereocenters. The number of carbonyl (C=O) groups is 1. The van der Waals surface area contributed by atoms with E-state index in [1.807, 2.05) is 29.6 Å². The van der Waals surface area contributed by atoms with Gasteiger partial charge < -0.3 is 5.32 Å². The largest absolute Gasteiger partial charge is 0.326 e. The first-order chi connectivity index (χ1) is 11.6. The lowest BCUT2D eigenvalue weighted by molar-refractivity contribution is -0.116. The molecule has 0 radical (unpaired) electrons. The molecule has 1 saturated carbocycles. The maximum Gasteiger partial charge on any atom is 0.234 e. The van der Waals surface area contributed by atoms with Gasteiger partial charge in [0.2, 0.25) is 10.9 Å². The number of rotatable bonds is 5. The van der Waals surface area contributed by atoms with Crippen LogP contribution in [0.25, 0.3) is 4.96 Å². The molecule has 0 aliphatic heterocycles. The fourth-order valence-electron chi connectivity index (χ4n) is 2.63. The van der Waals surface area contributed by atoms with Gasteiger partial charge in [-0.25, -0.2) is 0 Å². The maximum atomic E-state index is 12.2. The molecule has 1 amide bonds. The van der Waals surface area contributed by atoms with Crippen LogP contribution in [0.2, 0.25) is 0 Å². The van der Waals surface area contributed by atoms with Crippen molar-refractivity contribution >= 4 is 27.9 Å². The van der Waals surface area contributed by atoms with Gasteiger partial charge in [0.1, 0.15) is 5.01 Å². The summed E-state index contributed by atoms with van der Waals surface area (Å²) in [6.45, 7) is 4.10. The molecular formula is C17H19N5OS. The van der Waals surface area contributed by atoms with E-state index in [0.717, 1.165) is 21.5 Å². The highest BCUT2D eigenvalue weighted by Crippen LogP contribution is 2.39. The van der Waals surface area contributed by atoms with Gasteiger partial charge >= 0.3 is 0 Å². The number of nitrogens with zero attached hydrogens (tertiary/aromatic N) is 4. The SMILES string of the molecule is Cc1ccc(NC(=O)CCc2nn3c(C4CC4)nnc3s2)cc1C. The normalized spacial score (nSPS) is 14.2. The Labute approximate surface area is 143 Å². The number of carbonyl (C=O) groups excluding carboxylic acids is 1. The van der Waals surface area contributed by atoms with Crippen LogP contribution in [0.1, 0.15) is 47.1 Å². The van der Waals surface area contributed by atoms with E-state index in [4.69, 9.17) is 0 Å². The van der Waals surface area contributed by atoms with E-state index in [1.165, 1.54) is 35.3 Å². The summed E-state index contributed by atoms with van der Waals surface area (Å²) >= 11 is 1.51. The van der Waals surface area contributed by atoms with Crippen molar-refractivity contribution in [2.45, 2.75) is 45.4 Å². The first-order valence-corrected chi connectivity index (χ1v) is 9.00. The lowest BCUT2D eigenvalue weighted by atomic mass is 10.1. The molecule has 6 nitrogen and oxygen atoms in total. The summed E-state index contributed by atoms with van der Waals surface area (Å²) in [5.41, 5.74) is 3.24. The zero-order chi connectivity index (χ0) is 16.7. The smallest absolute Gasteiger partial charge is 0.234 e. The number of anilines is 1. The number of nitrogens with one attached hydrogen (secondary N) is 1. The highest BCUT2D eigenvalue weighted by Gasteiger charge is 2.30. The van der Waals surface area contributed by atoms with Gasteiger partial charge in [-0.3, -0.25) is 4.79 Å². The van der Waals surface area contributed by atoms with Crippen LogP contribution in [0.15, 0.2) is 18.2 Å². The van der Waals surface area contributed by atoms with E-state index in [1.54, 1.807) is 0 Å². The van der Waals surface area contributed by atoms with E-state index in [2.05, 4.69) is 27.5 Å². The molecule has 0 unspecified atom stereocenters. The van der Waals surface area contributed by atoms with Crippen LogP contribution in [-0.4, -0.2) is 25.7 Å². The summed E-state index contributed by atoms with van der Waals surface area (Å²) < 4.78 is 1.85. The predicted octanol–water partition coefficient (Wildman–Crippen LogP) is 3.25. The Morgan fingerprint density at radius 1 is 1.29 bits per heavy atom. The number of aromatic nitrogens is 4. The second-order valence-electron chi connectivity index (χ2n) is 6.37. The molecule has 124 valence electrons. The molecule has 1 aromatic carbocycles. The summed E-state index contributed by atoms with van der Waals surface area (Å²) in [6.07, 6.45) is 3.38. The number of fused-ring (bicyclic) bond motifs is 1. The van der Waals surface area contributed by atoms with E-state index < -0.39 is 0 Å². The second kappa shape index (κ2) is 5.98. The molecule has 2 heterocycles. The fourth-order valence-corrected chi connectivity index (χ4v) is 3.47. The highest BCUT2D eigenvalue weighted by molar-refractivity contribution is 7.16. The Morgan fingerprint density at radius 2 is 2.12 bits per heavy atom. The molecule has 4 rings (SSSR count). The van der Waals surface area contributed by atoms with Crippen LogP contribution in [0, 0.1) is 13.8 Å². The van der Waals surface area contributed by atoms with E-state index in [-0.39, 0.29) is 5.91 Å². The van der Waals surface area contributed by atoms with Gasteiger partial charge in [0.05, 0.1) is 0 Å². The lowest BCUT2D eigenvalue weighted by Crippen LogP contribution is -2.12. The predicted molar refractivity (Wildman–Crippen MR) is 93.5 cm³/mol. The zero-order valence-corrected chi connectivity index (χ0v) is 14.6. The Kier molecular flexibility index (Phi) is 3.80. The van der Waals surface area contributed by atoms with Crippen molar-refractivity contribution < 1.29 is 4.79 Å². The molecule has 24 heavy (non-hydrogen) atoms. The monoisotopic (exact) mass is 341 g/mol. The molecule has 1 fully saturated rings. The van der Waals surface area contributed by atoms with Gasteiger partial charge in [-0.15, -0.1) is 10.2 Å². The van der Waals surface area contributed by atoms with Gasteiger partial charge in [0.25, 0.3) is 0 Å². The van der Waals surface area contributed by atoms with Crippen molar-refractivity contribution in [3.63, 3.8) is 0 Å². The minimum absolute atomic E-state index is 0.00614. The van der Waals surface area contributed by atoms with Crippen molar-refractivity contribution in [3.05, 3.63) is 40.2 Å². The van der Waals surface area contributed by atoms with Crippen LogP contribution < -0.4 is 5.32 Å². The number of hydrogen-bond donors (Lipinski definition) is 1. The quantitative estimate of drug-likeness (QED) is 0.773. The molecule has 3 aromatic rings. The summed E-state index contributed by atoms with van der Waals surface area (Å²) in [7, 11) is 0. The molecule has 0 saturated heterocycles. The van der Waals surface area contributed by atoms with Crippen molar-refractivity contribution in [1.29, 1.82) is 0 Å². The molecule has 2 aromatic heterocycles. The van der Waals surface area contributed by atoms with Crippen molar-refractivity contribution in [1.82, 2.24) is 19.8 Å². The highest BCUT2D eigenvalue weighted by atomic mass is 32.1. The third kappa shape index (κ3) is 3.03. The molecule has 7 heteroatoms. The third-order valence-corrected chi connectivity index (χ3v) is 5.31. The molecule has 0 bridgehead atoms. The second-order valence-corrected chi connectivity index (χ2v) is 7.41. The van der Waals surface area contributed by atoms with Gasteiger partial charge in [0, 0.05) is 24.4 Å². The number of hydrogen-bond acceptors (Lipinski definition) is 5. The van der Waals surface area contributed by atoms with Gasteiger partial charge in [-0.1, -0.05) is 17.4 Å². The van der Waals surface area contributed by atoms with Crippen molar-refractivity contribution in [2.75, 3.05) is 5.32 Å². The number of benzene rings is 1. The maximum absolute atomic E-state index is 12.2. The number of amides is 1. The minimum Gasteiger partial charge on any atom is -0.326 e. The Balaban J connectivity index is 1.39. The Hall–Kier alpha value is -2.28. The zero-order valence-electron chi connectivity index (χ0n) is 13.7. The standard InChI is InChI=1S/C17H19N5OS/c1-10-3-6-13(9-11(10)2)18-14(23)7-8-15-21-22-16(12-4-5-12)19-20-17(22)24-15/h3,6,9,12H,4-5,7-8H2,1-2H3,(H,18,23). The average molecular weight is 341 g/mol. The van der Waals surface area contributed by atoms with Crippen molar-refractivity contribution in [2.24, 2.45) is 0 Å². The van der Waals surface area contributed by atoms with Crippen LogP contribution >= 0.6 is 11.3 Å². The summed E-state index contributed by atoms with van der Waals surface area (Å²) in [5, 5.41) is 16.8.